The van der Waals surface area contributed by atoms with Crippen LogP contribution in [0.2, 0.25) is 0 Å². The molecule has 10 heteroatoms. The van der Waals surface area contributed by atoms with Gasteiger partial charge in [-0.15, -0.1) is 0 Å². The maximum absolute atomic E-state index is 9.13. The summed E-state index contributed by atoms with van der Waals surface area (Å²) in [6.45, 7) is 2.16. The Morgan fingerprint density at radius 2 is 1.08 bits per heavy atom. The van der Waals surface area contributed by atoms with Crippen LogP contribution >= 0.6 is 7.82 Å². The summed E-state index contributed by atoms with van der Waals surface area (Å²) in [4.78, 5) is 25.6. The molecule has 0 amide bonds. The Bertz CT molecular complexity index is 248. The minimum absolute atomic E-state index is 0. The molecule has 0 bridgehead atoms. The van der Waals surface area contributed by atoms with Crippen LogP contribution in [0.1, 0.15) is 77.6 Å². The molecule has 0 rings (SSSR count). The zero-order chi connectivity index (χ0) is 16.6. The molecule has 0 saturated carbocycles. The van der Waals surface area contributed by atoms with Gasteiger partial charge in [-0.3, -0.25) is 0 Å². The number of aliphatic hydroxyl groups is 2. The van der Waals surface area contributed by atoms with E-state index in [2.05, 4.69) is 6.92 Å². The van der Waals surface area contributed by atoms with Crippen LogP contribution < -0.4 is 103 Å². The van der Waals surface area contributed by atoms with Crippen molar-refractivity contribution in [2.45, 2.75) is 83.7 Å². The Morgan fingerprint density at radius 3 is 1.38 bits per heavy atom. The number of hydrogen-bond donors (Lipinski definition) is 2. The van der Waals surface area contributed by atoms with Gasteiger partial charge in [0.05, 0.1) is 12.7 Å². The van der Waals surface area contributed by atoms with E-state index in [1.807, 2.05) is 0 Å². The fourth-order valence-electron chi connectivity index (χ4n) is 1.96. The van der Waals surface area contributed by atoms with Crippen molar-refractivity contribution in [1.29, 1.82) is 0 Å². The summed E-state index contributed by atoms with van der Waals surface area (Å²) >= 11 is 0. The van der Waals surface area contributed by atoms with Crippen LogP contribution in [-0.2, 0) is 4.57 Å². The van der Waals surface area contributed by atoms with Crippen molar-refractivity contribution in [1.82, 2.24) is 0 Å². The van der Waals surface area contributed by atoms with Gasteiger partial charge >= 0.3 is 88.7 Å². The van der Waals surface area contributed by atoms with Crippen LogP contribution in [0.25, 0.3) is 0 Å². The normalized spacial score (nSPS) is 11.1. The van der Waals surface area contributed by atoms with E-state index in [-0.39, 0.29) is 95.3 Å². The molecule has 0 fully saturated rings. The molecule has 0 aromatic heterocycles. The van der Waals surface area contributed by atoms with E-state index >= 15 is 0 Å². The monoisotopic (exact) mass is 394 g/mol. The maximum atomic E-state index is 9.13. The molecule has 0 saturated heterocycles. The van der Waals surface area contributed by atoms with Crippen molar-refractivity contribution in [3.05, 3.63) is 0 Å². The van der Waals surface area contributed by atoms with Gasteiger partial charge in [0.15, 0.2) is 0 Å². The number of aliphatic hydroxyl groups excluding tert-OH is 2. The molecule has 0 aromatic carbocycles. The number of unbranched alkanes of at least 4 members (excludes halogenated alkanes) is 9. The van der Waals surface area contributed by atoms with E-state index in [0.717, 1.165) is 12.8 Å². The number of rotatable bonds is 12. The Hall–Kier alpha value is 3.03. The Morgan fingerprint density at radius 1 is 0.792 bits per heavy atom. The molecule has 0 aromatic rings. The standard InChI is InChI=1S/C14H30O2.3Na.H3O4P/c1-2-3-4-5-6-7-8-9-10-11-12-14(16)13-15;;;;1-5(2,3)4/h14-16H,2-13H2,1H3;;;;(H3,1,2,3,4)/q;3*+1;/p-3. The molecule has 0 aliphatic carbocycles. The second-order valence-electron chi connectivity index (χ2n) is 5.25. The first kappa shape index (κ1) is 37.7. The van der Waals surface area contributed by atoms with Gasteiger partial charge in [-0.05, 0) is 6.42 Å². The van der Waals surface area contributed by atoms with E-state index in [4.69, 9.17) is 29.5 Å². The third kappa shape index (κ3) is 49.8. The van der Waals surface area contributed by atoms with Gasteiger partial charge in [-0.1, -0.05) is 71.1 Å². The van der Waals surface area contributed by atoms with Crippen LogP contribution in [0.4, 0.5) is 0 Å². The summed E-state index contributed by atoms with van der Waals surface area (Å²) in [7, 11) is -5.39. The fourth-order valence-corrected chi connectivity index (χ4v) is 1.96. The summed E-state index contributed by atoms with van der Waals surface area (Å²) in [6.07, 6.45) is 13.4. The number of hydrogen-bond acceptors (Lipinski definition) is 6. The summed E-state index contributed by atoms with van der Waals surface area (Å²) in [6, 6.07) is 0. The largest absolute Gasteiger partial charge is 1.00 e. The van der Waals surface area contributed by atoms with Crippen molar-refractivity contribution >= 4 is 7.82 Å². The van der Waals surface area contributed by atoms with Gasteiger partial charge in [-0.2, -0.15) is 7.82 Å². The first-order valence-electron chi connectivity index (χ1n) is 7.83. The summed E-state index contributed by atoms with van der Waals surface area (Å²) in [5.41, 5.74) is 0. The topological polar surface area (TPSA) is 127 Å². The van der Waals surface area contributed by atoms with Gasteiger partial charge in [-0.25, -0.2) is 0 Å². The van der Waals surface area contributed by atoms with Gasteiger partial charge < -0.3 is 29.5 Å². The quantitative estimate of drug-likeness (QED) is 0.192. The van der Waals surface area contributed by atoms with E-state index < -0.39 is 13.9 Å². The van der Waals surface area contributed by atoms with E-state index in [0.29, 0.717) is 0 Å². The molecule has 130 valence electrons. The van der Waals surface area contributed by atoms with E-state index in [9.17, 15) is 0 Å². The number of phosphoric acid groups is 1. The van der Waals surface area contributed by atoms with Crippen LogP contribution in [0.5, 0.6) is 0 Å². The minimum Gasteiger partial charge on any atom is -0.822 e. The zero-order valence-corrected chi connectivity index (χ0v) is 22.9. The van der Waals surface area contributed by atoms with Gasteiger partial charge in [0.25, 0.3) is 0 Å². The van der Waals surface area contributed by atoms with Crippen molar-refractivity contribution in [3.63, 3.8) is 0 Å². The first-order chi connectivity index (χ1) is 9.81. The molecule has 2 N–H and O–H groups in total. The predicted molar refractivity (Wildman–Crippen MR) is 77.2 cm³/mol. The molecule has 0 spiro atoms. The molecule has 24 heavy (non-hydrogen) atoms. The summed E-state index contributed by atoms with van der Waals surface area (Å²) < 4.78 is 8.55. The smallest absolute Gasteiger partial charge is 0.822 e. The average molecular weight is 394 g/mol. The first-order valence-corrected chi connectivity index (χ1v) is 9.29. The van der Waals surface area contributed by atoms with Gasteiger partial charge in [0.2, 0.25) is 0 Å². The summed E-state index contributed by atoms with van der Waals surface area (Å²) in [5, 5.41) is 17.8. The van der Waals surface area contributed by atoms with Crippen molar-refractivity contribution in [2.75, 3.05) is 6.61 Å². The molecule has 0 radical (unpaired) electrons. The molecule has 6 nitrogen and oxygen atoms in total. The zero-order valence-electron chi connectivity index (χ0n) is 16.0. The second-order valence-corrected chi connectivity index (χ2v) is 6.15. The molecule has 1 unspecified atom stereocenters. The molecule has 0 aliphatic heterocycles. The minimum atomic E-state index is -5.39. The van der Waals surface area contributed by atoms with Crippen molar-refractivity contribution in [3.8, 4) is 0 Å². The Balaban J connectivity index is -0.000000132. The van der Waals surface area contributed by atoms with E-state index in [1.165, 1.54) is 57.8 Å². The van der Waals surface area contributed by atoms with Crippen LogP contribution in [0.15, 0.2) is 0 Å². The molecule has 1 atom stereocenters. The van der Waals surface area contributed by atoms with Crippen LogP contribution in [-0.4, -0.2) is 22.9 Å². The molecular formula is C14H30Na3O6P. The third-order valence-corrected chi connectivity index (χ3v) is 3.10. The van der Waals surface area contributed by atoms with Crippen LogP contribution in [0.3, 0.4) is 0 Å². The van der Waals surface area contributed by atoms with Crippen molar-refractivity contribution < 1.29 is 118 Å². The molecular weight excluding hydrogens is 364 g/mol. The van der Waals surface area contributed by atoms with Crippen molar-refractivity contribution in [2.24, 2.45) is 0 Å². The summed E-state index contributed by atoms with van der Waals surface area (Å²) in [5.74, 6) is 0. The van der Waals surface area contributed by atoms with Gasteiger partial charge in [0.1, 0.15) is 0 Å². The van der Waals surface area contributed by atoms with Gasteiger partial charge in [0, 0.05) is 0 Å². The Labute approximate surface area is 213 Å². The fraction of sp³-hybridized carbons (Fsp3) is 1.00. The third-order valence-electron chi connectivity index (χ3n) is 3.10. The van der Waals surface area contributed by atoms with Crippen LogP contribution in [0, 0.1) is 0 Å². The SMILES string of the molecule is CCCCCCCCCCCCC(O)CO.O=P([O-])([O-])[O-].[Na+].[Na+].[Na+]. The van der Waals surface area contributed by atoms with E-state index in [1.54, 1.807) is 0 Å². The Kier molecular flexibility index (Phi) is 44.4. The molecule has 0 heterocycles. The maximum Gasteiger partial charge on any atom is 1.00 e. The second kappa shape index (κ2) is 28.2. The predicted octanol–water partition coefficient (Wildman–Crippen LogP) is -8.16. The average Bonchev–Trinajstić information content (AvgIpc) is 2.38. The molecule has 0 aliphatic rings.